The Morgan fingerprint density at radius 3 is 2.30 bits per heavy atom. The van der Waals surface area contributed by atoms with E-state index in [2.05, 4.69) is 25.0 Å². The van der Waals surface area contributed by atoms with Crippen LogP contribution in [-0.4, -0.2) is 138 Å². The summed E-state index contributed by atoms with van der Waals surface area (Å²) < 4.78 is 80.8. The van der Waals surface area contributed by atoms with E-state index in [9.17, 15) is 36.8 Å². The molecule has 0 saturated carbocycles. The zero-order valence-electron chi connectivity index (χ0n) is 39.3. The Morgan fingerprint density at radius 2 is 1.61 bits per heavy atom. The van der Waals surface area contributed by atoms with E-state index in [-0.39, 0.29) is 47.8 Å². The van der Waals surface area contributed by atoms with Crippen LogP contribution in [0.1, 0.15) is 71.9 Å². The second-order valence-electron chi connectivity index (χ2n) is 19.8. The monoisotopic (exact) mass is 995 g/mol. The number of nitrogens with one attached hydrogen (secondary N) is 2. The summed E-state index contributed by atoms with van der Waals surface area (Å²) in [5.41, 5.74) is 1.77. The molecule has 10 rings (SSSR count). The van der Waals surface area contributed by atoms with Crippen LogP contribution in [0, 0.1) is 17.6 Å². The minimum atomic E-state index is -4.45. The molecule has 3 aromatic carbocycles. The Hall–Kier alpha value is -6.84. The lowest BCUT2D eigenvalue weighted by Gasteiger charge is -2.45. The van der Waals surface area contributed by atoms with Crippen LogP contribution < -0.4 is 19.8 Å². The fraction of sp³-hybridized carbons (Fsp3) is 0.400. The van der Waals surface area contributed by atoms with E-state index in [0.717, 1.165) is 90.0 Å². The zero-order chi connectivity index (χ0) is 50.1. The van der Waals surface area contributed by atoms with Crippen LogP contribution in [0.5, 0.6) is 0 Å². The van der Waals surface area contributed by atoms with Gasteiger partial charge >= 0.3 is 16.3 Å². The molecule has 5 aliphatic rings. The summed E-state index contributed by atoms with van der Waals surface area (Å²) in [6.07, 6.45) is 0.828. The first kappa shape index (κ1) is 47.8. The average molecular weight is 996 g/mol. The van der Waals surface area contributed by atoms with Crippen LogP contribution in [0.15, 0.2) is 73.1 Å². The van der Waals surface area contributed by atoms with Gasteiger partial charge in [-0.05, 0) is 93.3 Å². The molecule has 4 saturated heterocycles. The van der Waals surface area contributed by atoms with Gasteiger partial charge in [0, 0.05) is 118 Å². The van der Waals surface area contributed by atoms with Gasteiger partial charge in [0.25, 0.3) is 5.91 Å². The van der Waals surface area contributed by atoms with Gasteiger partial charge in [-0.2, -0.15) is 12.7 Å². The summed E-state index contributed by atoms with van der Waals surface area (Å²) >= 11 is 0. The lowest BCUT2D eigenvalue weighted by Crippen LogP contribution is -2.55. The van der Waals surface area contributed by atoms with Crippen LogP contribution in [-0.2, 0) is 31.1 Å². The number of aromatic nitrogens is 2. The van der Waals surface area contributed by atoms with Crippen LogP contribution in [0.2, 0.25) is 0 Å². The first-order chi connectivity index (χ1) is 33.8. The van der Waals surface area contributed by atoms with Gasteiger partial charge in [-0.15, -0.1) is 0 Å². The summed E-state index contributed by atoms with van der Waals surface area (Å²) in [4.78, 5) is 78.2. The van der Waals surface area contributed by atoms with E-state index in [1.165, 1.54) is 6.20 Å². The molecule has 4 fully saturated rings. The molecule has 21 heteroatoms. The number of hydrogen-bond acceptors (Lipinski definition) is 12. The molecule has 71 heavy (non-hydrogen) atoms. The molecule has 7 heterocycles. The molecule has 17 nitrogen and oxygen atoms in total. The number of fused-ring (bicyclic) bond motifs is 2. The fourth-order valence-corrected chi connectivity index (χ4v) is 11.3. The number of pyridine rings is 1. The van der Waals surface area contributed by atoms with E-state index < -0.39 is 75.2 Å². The normalized spacial score (nSPS) is 20.4. The number of carbonyl (C=O) groups is 5. The first-order valence-corrected chi connectivity index (χ1v) is 25.0. The number of benzene rings is 3. The second kappa shape index (κ2) is 18.4. The van der Waals surface area contributed by atoms with E-state index >= 15 is 8.78 Å². The van der Waals surface area contributed by atoms with Gasteiger partial charge in [-0.25, -0.2) is 27.5 Å². The molecule has 0 bridgehead atoms. The highest BCUT2D eigenvalue weighted by molar-refractivity contribution is 7.90. The predicted octanol–water partition coefficient (Wildman–Crippen LogP) is 5.72. The van der Waals surface area contributed by atoms with Gasteiger partial charge in [0.15, 0.2) is 5.82 Å². The molecular weight excluding hydrogens is 944 g/mol. The van der Waals surface area contributed by atoms with E-state index in [1.807, 2.05) is 47.2 Å². The van der Waals surface area contributed by atoms with Crippen molar-refractivity contribution in [2.75, 3.05) is 73.4 Å². The lowest BCUT2D eigenvalue weighted by molar-refractivity contribution is -0.136. The molecule has 3 amide bonds. The number of anilines is 3. The summed E-state index contributed by atoms with van der Waals surface area (Å²) in [6.45, 7) is 10.8. The minimum absolute atomic E-state index is 0.00972. The summed E-state index contributed by atoms with van der Waals surface area (Å²) in [5, 5.41) is 2.44. The van der Waals surface area contributed by atoms with E-state index in [1.54, 1.807) is 31.7 Å². The molecule has 2 atom stereocenters. The molecule has 0 radical (unpaired) electrons. The maximum absolute atomic E-state index is 16.1. The summed E-state index contributed by atoms with van der Waals surface area (Å²) in [5.74, 6) is -4.40. The van der Waals surface area contributed by atoms with Crippen LogP contribution >= 0.6 is 0 Å². The molecule has 372 valence electrons. The highest BCUT2D eigenvalue weighted by atomic mass is 32.2. The van der Waals surface area contributed by atoms with Crippen molar-refractivity contribution >= 4 is 67.9 Å². The highest BCUT2D eigenvalue weighted by Crippen LogP contribution is 2.35. The number of imide groups is 1. The number of ether oxygens (including phenoxy) is 1. The Morgan fingerprint density at radius 1 is 0.873 bits per heavy atom. The van der Waals surface area contributed by atoms with Crippen LogP contribution in [0.3, 0.4) is 0 Å². The topological polar surface area (TPSA) is 187 Å². The van der Waals surface area contributed by atoms with Gasteiger partial charge in [-0.3, -0.25) is 34.1 Å². The maximum Gasteiger partial charge on any atom is 0.420 e. The van der Waals surface area contributed by atoms with Crippen LogP contribution in [0.4, 0.5) is 35.0 Å². The van der Waals surface area contributed by atoms with Crippen molar-refractivity contribution in [1.82, 2.24) is 29.0 Å². The Kier molecular flexibility index (Phi) is 12.4. The number of piperazine rings is 1. The zero-order valence-corrected chi connectivity index (χ0v) is 40.1. The first-order valence-electron chi connectivity index (χ1n) is 23.6. The predicted molar refractivity (Wildman–Crippen MR) is 257 cm³/mol. The van der Waals surface area contributed by atoms with E-state index in [0.29, 0.717) is 35.6 Å². The molecule has 0 spiro atoms. The quantitative estimate of drug-likeness (QED) is 0.121. The molecule has 5 aliphatic heterocycles. The average Bonchev–Trinajstić information content (AvgIpc) is 4.03. The number of amides is 3. The number of alkyl halides is 1. The highest BCUT2D eigenvalue weighted by Gasteiger charge is 2.40. The Labute approximate surface area is 407 Å². The van der Waals surface area contributed by atoms with Gasteiger partial charge in [-0.1, -0.05) is 12.1 Å². The SMILES string of the molecule is CC(C)(C)OC(=O)n1cc(C(=O)c2c(F)ccc(NS(=O)(=O)N3CC[C@@H](F)C3)c2F)c2cc(-c3ccc(N4CC(CN5CCN(c6ccc7c(c6)CN(C6CCC(=O)NC6=O)C7=O)CC5)C4)cc3)cnc21. The Balaban J connectivity index is 0.791. The smallest absolute Gasteiger partial charge is 0.420 e. The largest absolute Gasteiger partial charge is 0.443 e. The number of rotatable bonds is 11. The van der Waals surface area contributed by atoms with Crippen molar-refractivity contribution in [3.63, 3.8) is 0 Å². The van der Waals surface area contributed by atoms with Crippen molar-refractivity contribution in [2.24, 2.45) is 5.92 Å². The third-order valence-electron chi connectivity index (χ3n) is 13.8. The fourth-order valence-electron chi connectivity index (χ4n) is 10.1. The molecule has 2 N–H and O–H groups in total. The van der Waals surface area contributed by atoms with Gasteiger partial charge in [0.1, 0.15) is 29.3 Å². The molecule has 5 aromatic rings. The number of hydrogen-bond donors (Lipinski definition) is 2. The number of ketones is 1. The van der Waals surface area contributed by atoms with Gasteiger partial charge in [0.2, 0.25) is 17.6 Å². The van der Waals surface area contributed by atoms with Crippen molar-refractivity contribution < 1.29 is 50.3 Å². The van der Waals surface area contributed by atoms with E-state index in [4.69, 9.17) is 4.74 Å². The molecule has 2 aromatic heterocycles. The summed E-state index contributed by atoms with van der Waals surface area (Å²) in [6, 6.07) is 16.2. The Bertz CT molecular complexity index is 3110. The molecule has 1 unspecified atom stereocenters. The number of carbonyl (C=O) groups excluding carboxylic acids is 5. The third-order valence-corrected chi connectivity index (χ3v) is 15.2. The van der Waals surface area contributed by atoms with Gasteiger partial charge < -0.3 is 19.4 Å². The van der Waals surface area contributed by atoms with Crippen molar-refractivity contribution in [2.45, 2.75) is 64.4 Å². The van der Waals surface area contributed by atoms with Crippen molar-refractivity contribution in [3.8, 4) is 11.1 Å². The number of nitrogens with zero attached hydrogens (tertiary/aromatic N) is 7. The lowest BCUT2D eigenvalue weighted by atomic mass is 9.97. The molecule has 0 aliphatic carbocycles. The van der Waals surface area contributed by atoms with Crippen molar-refractivity contribution in [1.29, 1.82) is 0 Å². The van der Waals surface area contributed by atoms with Crippen molar-refractivity contribution in [3.05, 3.63) is 107 Å². The van der Waals surface area contributed by atoms with Crippen LogP contribution in [0.25, 0.3) is 22.2 Å². The number of piperidine rings is 1. The third kappa shape index (κ3) is 9.44. The molecular formula is C50H52F3N9O8S. The second-order valence-corrected chi connectivity index (χ2v) is 21.5. The summed E-state index contributed by atoms with van der Waals surface area (Å²) in [7, 11) is -4.45. The standard InChI is InChI=1S/C50H52F3N9O8S/c1-50(2,3)70-49(67)62-28-38(45(64)43-39(52)10-11-40(44(43)53)56-71(68,69)60-15-14-33(51)27-60)37-21-31(22-54-46(37)62)30-4-6-34(7-5-30)59-24-29(25-59)23-57-16-18-58(19-17-57)35-8-9-36-32(20-35)26-61(48(36)66)41-12-13-42(63)55-47(41)65/h4-11,20-22,28-29,33,41,56H,12-19,23-27H2,1-3H3,(H,55,63,65)/t33-,41?/m1/s1. The minimum Gasteiger partial charge on any atom is -0.443 e. The number of halogens is 3. The van der Waals surface area contributed by atoms with Gasteiger partial charge in [0.05, 0.1) is 16.8 Å². The maximum atomic E-state index is 16.1.